The summed E-state index contributed by atoms with van der Waals surface area (Å²) < 4.78 is 1.01. The summed E-state index contributed by atoms with van der Waals surface area (Å²) in [6, 6.07) is 0.482. The van der Waals surface area contributed by atoms with Crippen LogP contribution in [0.5, 0.6) is 0 Å². The summed E-state index contributed by atoms with van der Waals surface area (Å²) in [4.78, 5) is 6.15. The van der Waals surface area contributed by atoms with Gasteiger partial charge in [0.2, 0.25) is 0 Å². The normalized spacial score (nSPS) is 19.5. The molecule has 1 aromatic heterocycles. The molecule has 1 aromatic rings. The quantitative estimate of drug-likeness (QED) is 0.919. The van der Waals surface area contributed by atoms with E-state index in [1.807, 2.05) is 11.3 Å². The van der Waals surface area contributed by atoms with E-state index in [1.165, 1.54) is 28.4 Å². The number of thiazole rings is 1. The molecule has 1 aliphatic carbocycles. The number of rotatable bonds is 4. The van der Waals surface area contributed by atoms with E-state index in [-0.39, 0.29) is 0 Å². The Balaban J connectivity index is 2.12. The van der Waals surface area contributed by atoms with Crippen LogP contribution in [0, 0.1) is 0 Å². The van der Waals surface area contributed by atoms with Crippen molar-refractivity contribution in [2.24, 2.45) is 0 Å². The zero-order chi connectivity index (χ0) is 11.5. The van der Waals surface area contributed by atoms with Crippen LogP contribution in [0.25, 0.3) is 0 Å². The maximum atomic E-state index is 4.69. The number of nitrogens with zero attached hydrogens (tertiary/aromatic N) is 1. The zero-order valence-corrected chi connectivity index (χ0v) is 12.0. The fraction of sp³-hybridized carbons (Fsp3) is 0.583. The average Bonchev–Trinajstić information content (AvgIpc) is 2.69. The van der Waals surface area contributed by atoms with Crippen LogP contribution in [0.2, 0.25) is 0 Å². The number of hydrogen-bond donors (Lipinski definition) is 1. The van der Waals surface area contributed by atoms with Gasteiger partial charge in [-0.3, -0.25) is 0 Å². The van der Waals surface area contributed by atoms with Crippen molar-refractivity contribution in [2.45, 2.75) is 38.6 Å². The van der Waals surface area contributed by atoms with Gasteiger partial charge in [0.25, 0.3) is 0 Å². The summed E-state index contributed by atoms with van der Waals surface area (Å²) in [5.41, 5.74) is 1.32. The predicted octanol–water partition coefficient (Wildman–Crippen LogP) is 3.58. The van der Waals surface area contributed by atoms with Crippen LogP contribution in [-0.2, 0) is 12.8 Å². The molecule has 2 nitrogen and oxygen atoms in total. The molecule has 1 unspecified atom stereocenters. The lowest BCUT2D eigenvalue weighted by molar-refractivity contribution is 0.484. The van der Waals surface area contributed by atoms with Crippen molar-refractivity contribution in [3.8, 4) is 0 Å². The minimum atomic E-state index is 0.482. The van der Waals surface area contributed by atoms with E-state index in [2.05, 4.69) is 34.7 Å². The monoisotopic (exact) mass is 300 g/mol. The van der Waals surface area contributed by atoms with Gasteiger partial charge < -0.3 is 5.32 Å². The van der Waals surface area contributed by atoms with Crippen LogP contribution >= 0.6 is 27.3 Å². The first-order valence-corrected chi connectivity index (χ1v) is 7.36. The Morgan fingerprint density at radius 2 is 2.50 bits per heavy atom. The first-order chi connectivity index (χ1) is 7.70. The van der Waals surface area contributed by atoms with Crippen LogP contribution in [0.15, 0.2) is 11.1 Å². The average molecular weight is 301 g/mol. The van der Waals surface area contributed by atoms with Crippen LogP contribution in [0.3, 0.4) is 0 Å². The SMILES string of the molecule is C=C(Br)CNC1CCCc2nc(CC)sc21. The maximum Gasteiger partial charge on any atom is 0.0928 e. The van der Waals surface area contributed by atoms with Gasteiger partial charge in [0.05, 0.1) is 10.7 Å². The van der Waals surface area contributed by atoms with Crippen LogP contribution < -0.4 is 5.32 Å². The van der Waals surface area contributed by atoms with Gasteiger partial charge in [-0.15, -0.1) is 11.3 Å². The van der Waals surface area contributed by atoms with Gasteiger partial charge in [-0.2, -0.15) is 0 Å². The van der Waals surface area contributed by atoms with Crippen molar-refractivity contribution in [1.29, 1.82) is 0 Å². The highest BCUT2D eigenvalue weighted by Crippen LogP contribution is 2.34. The molecule has 16 heavy (non-hydrogen) atoms. The highest BCUT2D eigenvalue weighted by Gasteiger charge is 2.23. The van der Waals surface area contributed by atoms with E-state index < -0.39 is 0 Å². The predicted molar refractivity (Wildman–Crippen MR) is 73.2 cm³/mol. The molecule has 0 bridgehead atoms. The molecule has 1 heterocycles. The Bertz CT molecular complexity index is 386. The lowest BCUT2D eigenvalue weighted by Crippen LogP contribution is -2.25. The lowest BCUT2D eigenvalue weighted by Gasteiger charge is -2.22. The van der Waals surface area contributed by atoms with Crippen LogP contribution in [0.4, 0.5) is 0 Å². The van der Waals surface area contributed by atoms with Gasteiger partial charge in [-0.25, -0.2) is 4.98 Å². The van der Waals surface area contributed by atoms with Crippen molar-refractivity contribution in [3.05, 3.63) is 26.6 Å². The Hall–Kier alpha value is -0.190. The van der Waals surface area contributed by atoms with E-state index in [1.54, 1.807) is 0 Å². The third-order valence-electron chi connectivity index (χ3n) is 2.84. The second-order valence-electron chi connectivity index (χ2n) is 4.12. The smallest absolute Gasteiger partial charge is 0.0928 e. The third-order valence-corrected chi connectivity index (χ3v) is 4.47. The number of hydrogen-bond acceptors (Lipinski definition) is 3. The summed E-state index contributed by atoms with van der Waals surface area (Å²) in [7, 11) is 0. The largest absolute Gasteiger partial charge is 0.305 e. The van der Waals surface area contributed by atoms with Crippen molar-refractivity contribution < 1.29 is 0 Å². The highest BCUT2D eigenvalue weighted by atomic mass is 79.9. The minimum absolute atomic E-state index is 0.482. The molecule has 2 rings (SSSR count). The Morgan fingerprint density at radius 1 is 1.69 bits per heavy atom. The van der Waals surface area contributed by atoms with E-state index in [9.17, 15) is 0 Å². The molecule has 88 valence electrons. The van der Waals surface area contributed by atoms with Crippen molar-refractivity contribution in [3.63, 3.8) is 0 Å². The number of fused-ring (bicyclic) bond motifs is 1. The standard InChI is InChI=1S/C12H17BrN2S/c1-3-11-15-10-6-4-5-9(12(10)16-11)14-7-8(2)13/h9,14H,2-7H2,1H3. The Kier molecular flexibility index (Phi) is 4.16. The van der Waals surface area contributed by atoms with E-state index in [0.29, 0.717) is 6.04 Å². The third kappa shape index (κ3) is 2.73. The molecule has 0 spiro atoms. The van der Waals surface area contributed by atoms with Gasteiger partial charge >= 0.3 is 0 Å². The molecule has 0 amide bonds. The van der Waals surface area contributed by atoms with E-state index in [4.69, 9.17) is 4.98 Å². The Morgan fingerprint density at radius 3 is 3.19 bits per heavy atom. The molecule has 1 N–H and O–H groups in total. The van der Waals surface area contributed by atoms with Crippen LogP contribution in [0.1, 0.15) is 41.4 Å². The van der Waals surface area contributed by atoms with Crippen LogP contribution in [-0.4, -0.2) is 11.5 Å². The molecule has 0 radical (unpaired) electrons. The summed E-state index contributed by atoms with van der Waals surface area (Å²) in [5.74, 6) is 0. The van der Waals surface area contributed by atoms with Gasteiger partial charge in [-0.1, -0.05) is 29.4 Å². The topological polar surface area (TPSA) is 24.9 Å². The van der Waals surface area contributed by atoms with Gasteiger partial charge in [0, 0.05) is 21.9 Å². The van der Waals surface area contributed by atoms with Crippen molar-refractivity contribution >= 4 is 27.3 Å². The summed E-state index contributed by atoms with van der Waals surface area (Å²) in [5, 5.41) is 4.81. The molecule has 0 saturated heterocycles. The first-order valence-electron chi connectivity index (χ1n) is 5.75. The van der Waals surface area contributed by atoms with Gasteiger partial charge in [0.15, 0.2) is 0 Å². The fourth-order valence-electron chi connectivity index (χ4n) is 2.05. The molecule has 0 fully saturated rings. The summed E-state index contributed by atoms with van der Waals surface area (Å²) in [6.07, 6.45) is 4.67. The highest BCUT2D eigenvalue weighted by molar-refractivity contribution is 9.11. The van der Waals surface area contributed by atoms with E-state index in [0.717, 1.165) is 23.9 Å². The fourth-order valence-corrected chi connectivity index (χ4v) is 3.38. The van der Waals surface area contributed by atoms with E-state index >= 15 is 0 Å². The summed E-state index contributed by atoms with van der Waals surface area (Å²) in [6.45, 7) is 6.87. The summed E-state index contributed by atoms with van der Waals surface area (Å²) >= 11 is 5.27. The van der Waals surface area contributed by atoms with Gasteiger partial charge in [-0.05, 0) is 25.7 Å². The molecule has 0 aliphatic heterocycles. The van der Waals surface area contributed by atoms with Crippen molar-refractivity contribution in [2.75, 3.05) is 6.54 Å². The minimum Gasteiger partial charge on any atom is -0.305 e. The molecule has 0 aromatic carbocycles. The molecule has 4 heteroatoms. The lowest BCUT2D eigenvalue weighted by atomic mass is 9.98. The Labute approximate surface area is 109 Å². The second-order valence-corrected chi connectivity index (χ2v) is 6.35. The first kappa shape index (κ1) is 12.3. The zero-order valence-electron chi connectivity index (χ0n) is 9.55. The molecule has 1 atom stereocenters. The molecular formula is C12H17BrN2S. The second kappa shape index (κ2) is 5.43. The molecule has 1 aliphatic rings. The molecule has 0 saturated carbocycles. The maximum absolute atomic E-state index is 4.69. The number of aryl methyl sites for hydroxylation is 2. The number of aromatic nitrogens is 1. The number of nitrogens with one attached hydrogen (secondary N) is 1. The van der Waals surface area contributed by atoms with Gasteiger partial charge in [0.1, 0.15) is 0 Å². The molecular weight excluding hydrogens is 284 g/mol. The van der Waals surface area contributed by atoms with Crippen molar-refractivity contribution in [1.82, 2.24) is 10.3 Å². The number of halogens is 1.